The number of carbonyl (C=O) groups excluding carboxylic acids is 1. The molecule has 1 aromatic carbocycles. The van der Waals surface area contributed by atoms with Gasteiger partial charge < -0.3 is 24.3 Å². The van der Waals surface area contributed by atoms with Crippen LogP contribution in [-0.4, -0.2) is 68.2 Å². The van der Waals surface area contributed by atoms with Gasteiger partial charge in [-0.1, -0.05) is 38.6 Å². The van der Waals surface area contributed by atoms with E-state index < -0.39 is 11.4 Å². The molecule has 2 aromatic rings. The predicted octanol–water partition coefficient (Wildman–Crippen LogP) is 4.54. The van der Waals surface area contributed by atoms with Crippen molar-refractivity contribution in [3.05, 3.63) is 63.9 Å². The largest absolute Gasteiger partial charge is 0.456 e. The number of furan rings is 1. The first-order valence-electron chi connectivity index (χ1n) is 14.0. The Bertz CT molecular complexity index is 1350. The first-order valence-corrected chi connectivity index (χ1v) is 14.0. The second kappa shape index (κ2) is 15.3. The number of hydrogen-bond acceptors (Lipinski definition) is 6. The highest BCUT2D eigenvalue weighted by atomic mass is 16.5. The summed E-state index contributed by atoms with van der Waals surface area (Å²) >= 11 is 0. The first-order chi connectivity index (χ1) is 19.1. The van der Waals surface area contributed by atoms with Gasteiger partial charge in [-0.15, -0.1) is 0 Å². The number of allylic oxidation sites excluding steroid dienone is 3. The van der Waals surface area contributed by atoms with E-state index in [1.807, 2.05) is 52.0 Å². The number of amides is 1. The van der Waals surface area contributed by atoms with Gasteiger partial charge in [0.2, 0.25) is 0 Å². The molecule has 0 unspecified atom stereocenters. The van der Waals surface area contributed by atoms with Crippen LogP contribution in [0.15, 0.2) is 52.1 Å². The normalized spacial score (nSPS) is 15.6. The first kappa shape index (κ1) is 32.6. The highest BCUT2D eigenvalue weighted by molar-refractivity contribution is 6.04. The van der Waals surface area contributed by atoms with Gasteiger partial charge in [0.05, 0.1) is 0 Å². The molecule has 0 bridgehead atoms. The minimum absolute atomic E-state index is 0.0296. The van der Waals surface area contributed by atoms with Crippen molar-refractivity contribution in [2.45, 2.75) is 53.5 Å². The number of likely N-dealkylation sites (N-methyl/N-ethyl adjacent to an activating group) is 1. The summed E-state index contributed by atoms with van der Waals surface area (Å²) in [5, 5.41) is 14.6. The van der Waals surface area contributed by atoms with Gasteiger partial charge in [0.25, 0.3) is 5.91 Å². The van der Waals surface area contributed by atoms with Crippen LogP contribution >= 0.6 is 0 Å². The number of rotatable bonds is 9. The molecule has 1 aliphatic rings. The fraction of sp³-hybridized carbons (Fsp3) is 0.455. The second-order valence-corrected chi connectivity index (χ2v) is 10.4. The molecule has 0 spiro atoms. The van der Waals surface area contributed by atoms with Crippen LogP contribution in [0.1, 0.15) is 53.7 Å². The maximum Gasteiger partial charge on any atom is 0.262 e. The zero-order valence-corrected chi connectivity index (χ0v) is 25.6. The fourth-order valence-electron chi connectivity index (χ4n) is 4.39. The zero-order valence-electron chi connectivity index (χ0n) is 25.6. The SMILES string of the molecule is C=c1cc(-c2ccc(/C(C)=C(\C#N)C(=O)NC(C)(C)CCOC)o2)cc/c1=C/C(=C\C)N1CCN(C)CC1.CC. The molecule has 3 rings (SSSR count). The Morgan fingerprint density at radius 3 is 2.45 bits per heavy atom. The maximum absolute atomic E-state index is 12.9. The van der Waals surface area contributed by atoms with Crippen LogP contribution in [0.5, 0.6) is 0 Å². The third-order valence-electron chi connectivity index (χ3n) is 6.97. The molecule has 1 aliphatic heterocycles. The Morgan fingerprint density at radius 2 is 1.88 bits per heavy atom. The van der Waals surface area contributed by atoms with Crippen LogP contribution in [0.25, 0.3) is 29.6 Å². The van der Waals surface area contributed by atoms with Gasteiger partial charge in [0.15, 0.2) is 0 Å². The summed E-state index contributed by atoms with van der Waals surface area (Å²) < 4.78 is 11.2. The molecule has 216 valence electrons. The van der Waals surface area contributed by atoms with Crippen molar-refractivity contribution in [2.75, 3.05) is 46.9 Å². The summed E-state index contributed by atoms with van der Waals surface area (Å²) in [5.74, 6) is 0.706. The van der Waals surface area contributed by atoms with Gasteiger partial charge in [0, 0.05) is 62.3 Å². The summed E-state index contributed by atoms with van der Waals surface area (Å²) in [5.41, 5.74) is 2.09. The van der Waals surface area contributed by atoms with Crippen molar-refractivity contribution >= 4 is 24.1 Å². The summed E-state index contributed by atoms with van der Waals surface area (Å²) in [6, 6.07) is 11.8. The molecule has 1 aromatic heterocycles. The Hall–Kier alpha value is -3.60. The lowest BCUT2D eigenvalue weighted by Gasteiger charge is -2.34. The number of nitrogens with one attached hydrogen (secondary N) is 1. The van der Waals surface area contributed by atoms with Gasteiger partial charge in [-0.25, -0.2) is 0 Å². The average Bonchev–Trinajstić information content (AvgIpc) is 3.43. The van der Waals surface area contributed by atoms with Gasteiger partial charge in [-0.05, 0) is 75.9 Å². The van der Waals surface area contributed by atoms with E-state index in [4.69, 9.17) is 9.15 Å². The molecule has 1 fully saturated rings. The van der Waals surface area contributed by atoms with Crippen LogP contribution in [0.3, 0.4) is 0 Å². The van der Waals surface area contributed by atoms with E-state index in [0.717, 1.165) is 42.2 Å². The molecule has 7 nitrogen and oxygen atoms in total. The lowest BCUT2D eigenvalue weighted by molar-refractivity contribution is -0.118. The molecule has 1 N–H and O–H groups in total. The van der Waals surface area contributed by atoms with Gasteiger partial charge in [0.1, 0.15) is 23.2 Å². The standard InChI is InChI=1S/C31H40N4O3.C2H6/c1-8-26(35-16-14-34(6)15-17-35)20-24-9-10-25(19-22(24)2)29-12-11-28(38-29)23(3)27(21-32)30(36)33-31(4,5)13-18-37-7;1-2/h8-12,19-20H,2,13-18H2,1,3-7H3,(H,33,36);1-2H3/b24-20-,26-8+,27-23+;. The Kier molecular flexibility index (Phi) is 12.4. The van der Waals surface area contributed by atoms with Crippen molar-refractivity contribution in [1.29, 1.82) is 5.26 Å². The van der Waals surface area contributed by atoms with Crippen molar-refractivity contribution in [1.82, 2.24) is 15.1 Å². The van der Waals surface area contributed by atoms with Crippen LogP contribution in [0.2, 0.25) is 0 Å². The van der Waals surface area contributed by atoms with Crippen molar-refractivity contribution < 1.29 is 13.9 Å². The van der Waals surface area contributed by atoms with Crippen LogP contribution < -0.4 is 15.8 Å². The van der Waals surface area contributed by atoms with E-state index in [9.17, 15) is 10.1 Å². The molecule has 2 heterocycles. The number of nitrogens with zero attached hydrogens (tertiary/aromatic N) is 3. The van der Waals surface area contributed by atoms with Gasteiger partial charge >= 0.3 is 0 Å². The molecule has 1 amide bonds. The minimum atomic E-state index is -0.510. The third-order valence-corrected chi connectivity index (χ3v) is 6.97. The number of carbonyl (C=O) groups is 1. The van der Waals surface area contributed by atoms with Crippen LogP contribution in [0, 0.1) is 11.3 Å². The van der Waals surface area contributed by atoms with Crippen LogP contribution in [0.4, 0.5) is 0 Å². The molecule has 7 heteroatoms. The Labute approximate surface area is 240 Å². The predicted molar refractivity (Wildman–Crippen MR) is 164 cm³/mol. The number of piperazine rings is 1. The highest BCUT2D eigenvalue weighted by Gasteiger charge is 2.24. The summed E-state index contributed by atoms with van der Waals surface area (Å²) in [6.07, 6.45) is 4.96. The van der Waals surface area contributed by atoms with Gasteiger partial charge in [-0.3, -0.25) is 4.79 Å². The Balaban J connectivity index is 0.00000274. The molecule has 0 atom stereocenters. The monoisotopic (exact) mass is 546 g/mol. The number of nitriles is 1. The van der Waals surface area contributed by atoms with Crippen molar-refractivity contribution in [2.24, 2.45) is 0 Å². The quantitative estimate of drug-likeness (QED) is 0.367. The molecule has 1 saturated heterocycles. The topological polar surface area (TPSA) is 81.7 Å². The lowest BCUT2D eigenvalue weighted by atomic mass is 9.99. The van der Waals surface area contributed by atoms with E-state index in [1.54, 1.807) is 20.1 Å². The number of benzene rings is 1. The van der Waals surface area contributed by atoms with E-state index in [2.05, 4.69) is 53.9 Å². The fourth-order valence-corrected chi connectivity index (χ4v) is 4.39. The molecule has 0 aliphatic carbocycles. The smallest absolute Gasteiger partial charge is 0.262 e. The average molecular weight is 547 g/mol. The number of ether oxygens (including phenoxy) is 1. The van der Waals surface area contributed by atoms with E-state index >= 15 is 0 Å². The van der Waals surface area contributed by atoms with Gasteiger partial charge in [-0.2, -0.15) is 5.26 Å². The molecule has 0 saturated carbocycles. The number of hydrogen-bond donors (Lipinski definition) is 1. The second-order valence-electron chi connectivity index (χ2n) is 10.4. The molecule has 40 heavy (non-hydrogen) atoms. The highest BCUT2D eigenvalue weighted by Crippen LogP contribution is 2.27. The summed E-state index contributed by atoms with van der Waals surface area (Å²) in [4.78, 5) is 17.6. The summed E-state index contributed by atoms with van der Waals surface area (Å²) in [6.45, 7) is 20.5. The summed E-state index contributed by atoms with van der Waals surface area (Å²) in [7, 11) is 3.77. The molecular formula is C33H46N4O3. The van der Waals surface area contributed by atoms with Crippen molar-refractivity contribution in [3.8, 4) is 17.4 Å². The molecular weight excluding hydrogens is 500 g/mol. The Morgan fingerprint density at radius 1 is 1.20 bits per heavy atom. The van der Waals surface area contributed by atoms with E-state index in [1.165, 1.54) is 5.70 Å². The molecule has 0 radical (unpaired) electrons. The third kappa shape index (κ3) is 8.70. The zero-order chi connectivity index (χ0) is 29.9. The van der Waals surface area contributed by atoms with Crippen molar-refractivity contribution in [3.63, 3.8) is 0 Å². The lowest BCUT2D eigenvalue weighted by Crippen LogP contribution is -2.44. The number of methoxy groups -OCH3 is 1. The van der Waals surface area contributed by atoms with E-state index in [0.29, 0.717) is 30.1 Å². The minimum Gasteiger partial charge on any atom is -0.456 e. The maximum atomic E-state index is 12.9. The van der Waals surface area contributed by atoms with E-state index in [-0.39, 0.29) is 5.57 Å². The van der Waals surface area contributed by atoms with Crippen LogP contribution in [-0.2, 0) is 9.53 Å².